The fourth-order valence-electron chi connectivity index (χ4n) is 4.67. The summed E-state index contributed by atoms with van der Waals surface area (Å²) in [5.74, 6) is 0.437. The summed E-state index contributed by atoms with van der Waals surface area (Å²) >= 11 is 12.4. The maximum atomic E-state index is 14.2. The Balaban J connectivity index is 1.75. The molecule has 192 valence electrons. The zero-order valence-electron chi connectivity index (χ0n) is 21.0. The summed E-state index contributed by atoms with van der Waals surface area (Å²) in [5, 5.41) is 5.64. The van der Waals surface area contributed by atoms with Crippen LogP contribution in [0.3, 0.4) is 0 Å². The largest absolute Gasteiger partial charge is 0.354 e. The molecule has 0 radical (unpaired) electrons. The number of rotatable bonds is 8. The Morgan fingerprint density at radius 2 is 1.83 bits per heavy atom. The monoisotopic (exact) mass is 531 g/mol. The van der Waals surface area contributed by atoms with Crippen molar-refractivity contribution in [2.75, 3.05) is 44.2 Å². The average molecular weight is 532 g/mol. The molecule has 2 aromatic carbocycles. The fourth-order valence-corrected chi connectivity index (χ4v) is 5.16. The third-order valence-electron chi connectivity index (χ3n) is 6.62. The normalized spacial score (nSPS) is 14.3. The first-order valence-electron chi connectivity index (χ1n) is 12.4. The molecule has 0 unspecified atom stereocenters. The molecule has 4 rings (SSSR count). The van der Waals surface area contributed by atoms with Crippen LogP contribution in [0, 0.1) is 12.7 Å². The number of carbonyl (C=O) groups is 1. The molecule has 1 amide bonds. The van der Waals surface area contributed by atoms with E-state index in [-0.39, 0.29) is 11.7 Å². The number of nitrogens with zero attached hydrogens (tertiary/aromatic N) is 5. The van der Waals surface area contributed by atoms with E-state index in [1.54, 1.807) is 29.2 Å². The quantitative estimate of drug-likeness (QED) is 0.367. The number of halogens is 3. The van der Waals surface area contributed by atoms with Gasteiger partial charge in [-0.15, -0.1) is 0 Å². The molecule has 0 aliphatic carbocycles. The van der Waals surface area contributed by atoms with Crippen LogP contribution in [0.25, 0.3) is 5.69 Å². The van der Waals surface area contributed by atoms with E-state index in [1.165, 1.54) is 12.1 Å². The van der Waals surface area contributed by atoms with Crippen molar-refractivity contribution in [3.63, 3.8) is 0 Å². The standard InChI is InChI=1S/C27H32Cl2FN5O/c1-4-11-34(27(36)23-10-9-20(28)16-25(23)29)18-24-19(3)31-35(22-8-6-7-21(30)17-22)26(24)33-14-12-32(5-2)13-15-33/h6-10,16-17H,4-5,11-15,18H2,1-3H3. The van der Waals surface area contributed by atoms with Gasteiger partial charge in [0.15, 0.2) is 0 Å². The summed E-state index contributed by atoms with van der Waals surface area (Å²) in [6.45, 7) is 11.6. The van der Waals surface area contributed by atoms with Gasteiger partial charge in [0.2, 0.25) is 0 Å². The highest BCUT2D eigenvalue weighted by Gasteiger charge is 2.28. The van der Waals surface area contributed by atoms with Crippen molar-refractivity contribution in [3.8, 4) is 5.69 Å². The molecule has 2 heterocycles. The van der Waals surface area contributed by atoms with Crippen LogP contribution < -0.4 is 4.90 Å². The first-order chi connectivity index (χ1) is 17.3. The lowest BCUT2D eigenvalue weighted by Crippen LogP contribution is -2.47. The molecule has 3 aromatic rings. The van der Waals surface area contributed by atoms with Gasteiger partial charge in [0.05, 0.1) is 28.5 Å². The molecule has 1 fully saturated rings. The van der Waals surface area contributed by atoms with Crippen molar-refractivity contribution >= 4 is 34.9 Å². The second-order valence-corrected chi connectivity index (χ2v) is 9.90. The van der Waals surface area contributed by atoms with E-state index in [4.69, 9.17) is 28.3 Å². The van der Waals surface area contributed by atoms with Crippen LogP contribution in [-0.4, -0.2) is 64.8 Å². The molecule has 6 nitrogen and oxygen atoms in total. The molecule has 0 N–H and O–H groups in total. The SMILES string of the molecule is CCCN(Cc1c(C)nn(-c2cccc(F)c2)c1N1CCN(CC)CC1)C(=O)c1ccc(Cl)cc1Cl. The zero-order valence-corrected chi connectivity index (χ0v) is 22.5. The summed E-state index contributed by atoms with van der Waals surface area (Å²) < 4.78 is 16.0. The first-order valence-corrected chi connectivity index (χ1v) is 13.1. The topological polar surface area (TPSA) is 44.6 Å². The Hall–Kier alpha value is -2.61. The van der Waals surface area contributed by atoms with E-state index >= 15 is 0 Å². The molecular formula is C27H32Cl2FN5O. The predicted octanol–water partition coefficient (Wildman–Crippen LogP) is 5.82. The van der Waals surface area contributed by atoms with Crippen LogP contribution in [0.2, 0.25) is 10.0 Å². The minimum Gasteiger partial charge on any atom is -0.354 e. The van der Waals surface area contributed by atoms with Crippen molar-refractivity contribution < 1.29 is 9.18 Å². The maximum absolute atomic E-state index is 14.2. The van der Waals surface area contributed by atoms with Crippen LogP contribution >= 0.6 is 23.2 Å². The summed E-state index contributed by atoms with van der Waals surface area (Å²) in [5.41, 5.74) is 2.84. The van der Waals surface area contributed by atoms with Crippen LogP contribution in [0.5, 0.6) is 0 Å². The smallest absolute Gasteiger partial charge is 0.255 e. The number of amides is 1. The Bertz CT molecular complexity index is 1220. The van der Waals surface area contributed by atoms with E-state index in [1.807, 2.05) is 24.6 Å². The predicted molar refractivity (Wildman–Crippen MR) is 144 cm³/mol. The first kappa shape index (κ1) is 26.5. The highest BCUT2D eigenvalue weighted by molar-refractivity contribution is 6.36. The summed E-state index contributed by atoms with van der Waals surface area (Å²) in [6.07, 6.45) is 0.790. The lowest BCUT2D eigenvalue weighted by atomic mass is 10.1. The molecule has 9 heteroatoms. The summed E-state index contributed by atoms with van der Waals surface area (Å²) in [4.78, 5) is 20.1. The van der Waals surface area contributed by atoms with E-state index in [9.17, 15) is 9.18 Å². The number of likely N-dealkylation sites (N-methyl/N-ethyl adjacent to an activating group) is 1. The lowest BCUT2D eigenvalue weighted by Gasteiger charge is -2.36. The summed E-state index contributed by atoms with van der Waals surface area (Å²) in [6, 6.07) is 11.4. The van der Waals surface area contributed by atoms with Gasteiger partial charge in [0, 0.05) is 43.3 Å². The van der Waals surface area contributed by atoms with Crippen LogP contribution in [0.15, 0.2) is 42.5 Å². The van der Waals surface area contributed by atoms with Crippen molar-refractivity contribution in [3.05, 3.63) is 75.1 Å². The van der Waals surface area contributed by atoms with E-state index < -0.39 is 0 Å². The van der Waals surface area contributed by atoms with E-state index in [0.717, 1.165) is 56.2 Å². The average Bonchev–Trinajstić information content (AvgIpc) is 3.19. The highest BCUT2D eigenvalue weighted by Crippen LogP contribution is 2.31. The van der Waals surface area contributed by atoms with Gasteiger partial charge >= 0.3 is 0 Å². The molecular weight excluding hydrogens is 500 g/mol. The Labute approximate surface area is 222 Å². The minimum absolute atomic E-state index is 0.154. The maximum Gasteiger partial charge on any atom is 0.255 e. The summed E-state index contributed by atoms with van der Waals surface area (Å²) in [7, 11) is 0. The number of benzene rings is 2. The number of anilines is 1. The van der Waals surface area contributed by atoms with Gasteiger partial charge < -0.3 is 14.7 Å². The number of aromatic nitrogens is 2. The van der Waals surface area contributed by atoms with Gasteiger partial charge in [0.1, 0.15) is 11.6 Å². The lowest BCUT2D eigenvalue weighted by molar-refractivity contribution is 0.0743. The second kappa shape index (κ2) is 11.6. The molecule has 0 spiro atoms. The number of piperazine rings is 1. The van der Waals surface area contributed by atoms with Crippen molar-refractivity contribution in [2.45, 2.75) is 33.7 Å². The van der Waals surface area contributed by atoms with Crippen LogP contribution in [0.4, 0.5) is 10.2 Å². The van der Waals surface area contributed by atoms with Crippen LogP contribution in [0.1, 0.15) is 41.9 Å². The molecule has 0 bridgehead atoms. The van der Waals surface area contributed by atoms with Gasteiger partial charge in [-0.05, 0) is 56.3 Å². The minimum atomic E-state index is -0.316. The molecule has 0 atom stereocenters. The fraction of sp³-hybridized carbons (Fsp3) is 0.407. The zero-order chi connectivity index (χ0) is 25.8. The molecule has 1 saturated heterocycles. The number of aryl methyl sites for hydroxylation is 1. The van der Waals surface area contributed by atoms with Gasteiger partial charge in [0.25, 0.3) is 5.91 Å². The van der Waals surface area contributed by atoms with Crippen molar-refractivity contribution in [1.29, 1.82) is 0 Å². The highest BCUT2D eigenvalue weighted by atomic mass is 35.5. The van der Waals surface area contributed by atoms with Crippen molar-refractivity contribution in [1.82, 2.24) is 19.6 Å². The molecule has 1 aliphatic heterocycles. The Kier molecular flexibility index (Phi) is 8.54. The van der Waals surface area contributed by atoms with Crippen LogP contribution in [-0.2, 0) is 6.54 Å². The molecule has 1 aliphatic rings. The van der Waals surface area contributed by atoms with E-state index in [0.29, 0.717) is 34.4 Å². The molecule has 1 aromatic heterocycles. The number of carbonyl (C=O) groups excluding carboxylic acids is 1. The Morgan fingerprint density at radius 1 is 1.08 bits per heavy atom. The second-order valence-electron chi connectivity index (χ2n) is 9.05. The van der Waals surface area contributed by atoms with Gasteiger partial charge in [-0.2, -0.15) is 5.10 Å². The Morgan fingerprint density at radius 3 is 2.47 bits per heavy atom. The van der Waals surface area contributed by atoms with Gasteiger partial charge in [-0.3, -0.25) is 4.79 Å². The van der Waals surface area contributed by atoms with Gasteiger partial charge in [-0.1, -0.05) is 43.1 Å². The van der Waals surface area contributed by atoms with E-state index in [2.05, 4.69) is 16.7 Å². The van der Waals surface area contributed by atoms with Crippen molar-refractivity contribution in [2.24, 2.45) is 0 Å². The van der Waals surface area contributed by atoms with Gasteiger partial charge in [-0.25, -0.2) is 9.07 Å². The third kappa shape index (κ3) is 5.69. The molecule has 36 heavy (non-hydrogen) atoms. The third-order valence-corrected chi connectivity index (χ3v) is 7.17. The number of hydrogen-bond acceptors (Lipinski definition) is 4. The number of hydrogen-bond donors (Lipinski definition) is 0. The molecule has 0 saturated carbocycles.